The molecule has 0 aliphatic carbocycles. The Labute approximate surface area is 196 Å². The molecule has 1 aliphatic heterocycles. The normalized spacial score (nSPS) is 19.9. The number of fused-ring (bicyclic) bond motifs is 1. The molecule has 5 rings (SSSR count). The summed E-state index contributed by atoms with van der Waals surface area (Å²) >= 11 is 0. The summed E-state index contributed by atoms with van der Waals surface area (Å²) in [6.45, 7) is 3.05. The number of imidazole rings is 1. The second-order valence-corrected chi connectivity index (χ2v) is 8.05. The van der Waals surface area contributed by atoms with Crippen molar-refractivity contribution in [3.8, 4) is 5.88 Å². The Kier molecular flexibility index (Phi) is 5.83. The van der Waals surface area contributed by atoms with Crippen molar-refractivity contribution in [3.63, 3.8) is 0 Å². The molecule has 10 heteroatoms. The molecule has 172 valence electrons. The Bertz CT molecular complexity index is 1350. The summed E-state index contributed by atoms with van der Waals surface area (Å²) in [5.74, 6) is 1.11. The van der Waals surface area contributed by atoms with Crippen molar-refractivity contribution in [2.24, 2.45) is 10.7 Å². The molecule has 0 saturated heterocycles. The Morgan fingerprint density at radius 3 is 2.79 bits per heavy atom. The second kappa shape index (κ2) is 9.08. The lowest BCUT2D eigenvalue weighted by Gasteiger charge is -2.37. The minimum absolute atomic E-state index is 0.513. The molecular formula is C24H25N9O. The fraction of sp³-hybridized carbons (Fsp3) is 0.250. The molecule has 0 saturated carbocycles. The molecule has 4 aromatic heterocycles. The molecule has 0 fully saturated rings. The topological polar surface area (TPSA) is 140 Å². The summed E-state index contributed by atoms with van der Waals surface area (Å²) in [7, 11) is 1.58. The number of H-pyrrole nitrogens is 1. The van der Waals surface area contributed by atoms with Gasteiger partial charge in [-0.2, -0.15) is 0 Å². The quantitative estimate of drug-likeness (QED) is 0.383. The zero-order valence-electron chi connectivity index (χ0n) is 18.9. The van der Waals surface area contributed by atoms with Gasteiger partial charge in [0.2, 0.25) is 5.88 Å². The number of aliphatic imine (C=N–C) groups is 1. The number of nitrogens with one attached hydrogen (secondary N) is 2. The van der Waals surface area contributed by atoms with Crippen molar-refractivity contribution >= 4 is 17.4 Å². The number of rotatable bonds is 7. The van der Waals surface area contributed by atoms with Crippen LogP contribution in [0.5, 0.6) is 5.88 Å². The van der Waals surface area contributed by atoms with E-state index in [4.69, 9.17) is 15.5 Å². The van der Waals surface area contributed by atoms with E-state index in [2.05, 4.69) is 41.3 Å². The van der Waals surface area contributed by atoms with Gasteiger partial charge < -0.3 is 20.8 Å². The molecule has 10 nitrogen and oxygen atoms in total. The number of aromatic nitrogens is 6. The maximum Gasteiger partial charge on any atom is 0.212 e. The molecule has 1 aliphatic rings. The number of hydrogen-bond donors (Lipinski definition) is 3. The van der Waals surface area contributed by atoms with Gasteiger partial charge in [0.15, 0.2) is 5.65 Å². The average Bonchev–Trinajstić information content (AvgIpc) is 3.34. The van der Waals surface area contributed by atoms with Gasteiger partial charge in [0.1, 0.15) is 17.5 Å². The van der Waals surface area contributed by atoms with Crippen LogP contribution in [0.25, 0.3) is 11.2 Å². The molecule has 0 spiro atoms. The zero-order chi connectivity index (χ0) is 23.5. The van der Waals surface area contributed by atoms with Gasteiger partial charge >= 0.3 is 0 Å². The molecule has 0 amide bonds. The SMILES string of the molecule is COc1ccc(C2(c3nc(C)nc4nc[nH]c34)C=C(CNCc3ccccn3)C=NC2N)cn1. The van der Waals surface area contributed by atoms with Crippen LogP contribution >= 0.6 is 0 Å². The smallest absolute Gasteiger partial charge is 0.212 e. The lowest BCUT2D eigenvalue weighted by molar-refractivity contribution is 0.396. The van der Waals surface area contributed by atoms with E-state index in [-0.39, 0.29) is 0 Å². The van der Waals surface area contributed by atoms with E-state index in [1.54, 1.807) is 25.8 Å². The third-order valence-corrected chi connectivity index (χ3v) is 5.85. The van der Waals surface area contributed by atoms with Crippen molar-refractivity contribution in [3.05, 3.63) is 83.5 Å². The first kappa shape index (κ1) is 21.8. The van der Waals surface area contributed by atoms with Crippen molar-refractivity contribution in [1.29, 1.82) is 0 Å². The Balaban J connectivity index is 1.60. The second-order valence-electron chi connectivity index (χ2n) is 8.05. The maximum atomic E-state index is 6.71. The fourth-order valence-electron chi connectivity index (χ4n) is 4.23. The number of nitrogens with zero attached hydrogens (tertiary/aromatic N) is 6. The molecule has 2 atom stereocenters. The van der Waals surface area contributed by atoms with Crippen molar-refractivity contribution in [1.82, 2.24) is 35.2 Å². The number of aryl methyl sites for hydroxylation is 1. The fourth-order valence-corrected chi connectivity index (χ4v) is 4.23. The summed E-state index contributed by atoms with van der Waals surface area (Å²) in [6.07, 6.45) is 8.44. The summed E-state index contributed by atoms with van der Waals surface area (Å²) in [5, 5.41) is 3.44. The van der Waals surface area contributed by atoms with Crippen molar-refractivity contribution in [2.45, 2.75) is 25.0 Å². The van der Waals surface area contributed by atoms with Gasteiger partial charge in [-0.15, -0.1) is 0 Å². The number of methoxy groups -OCH3 is 1. The standard InChI is InChI=1S/C24H25N9O/c1-15-32-21(20-22(33-15)31-14-30-20)24(17-6-7-19(34-2)28-12-17)9-16(11-29-23(24)25)10-26-13-18-5-3-4-8-27-18/h3-9,11-12,14,23,26H,10,13,25H2,1-2H3,(H,30,31,32,33). The minimum atomic E-state index is -0.894. The van der Waals surface area contributed by atoms with Gasteiger partial charge in [-0.1, -0.05) is 18.2 Å². The summed E-state index contributed by atoms with van der Waals surface area (Å²) in [5.41, 5.74) is 10.6. The van der Waals surface area contributed by atoms with Crippen LogP contribution in [-0.2, 0) is 12.0 Å². The molecule has 4 N–H and O–H groups in total. The number of ether oxygens (including phenoxy) is 1. The Morgan fingerprint density at radius 2 is 2.03 bits per heavy atom. The lowest BCUT2D eigenvalue weighted by Crippen LogP contribution is -2.47. The van der Waals surface area contributed by atoms with E-state index < -0.39 is 11.6 Å². The monoisotopic (exact) mass is 455 g/mol. The van der Waals surface area contributed by atoms with E-state index >= 15 is 0 Å². The number of aromatic amines is 1. The Hall–Kier alpha value is -4.02. The van der Waals surface area contributed by atoms with Gasteiger partial charge in [0.25, 0.3) is 0 Å². The van der Waals surface area contributed by atoms with Gasteiger partial charge in [-0.3, -0.25) is 9.98 Å². The molecule has 5 heterocycles. The molecule has 4 aromatic rings. The number of pyridine rings is 2. The molecule has 0 bridgehead atoms. The lowest BCUT2D eigenvalue weighted by atomic mass is 9.72. The summed E-state index contributed by atoms with van der Waals surface area (Å²) in [4.78, 5) is 30.3. The van der Waals surface area contributed by atoms with E-state index in [9.17, 15) is 0 Å². The van der Waals surface area contributed by atoms with Gasteiger partial charge in [-0.05, 0) is 30.2 Å². The first-order chi connectivity index (χ1) is 16.6. The van der Waals surface area contributed by atoms with E-state index in [1.165, 1.54) is 0 Å². The predicted molar refractivity (Wildman–Crippen MR) is 128 cm³/mol. The van der Waals surface area contributed by atoms with Gasteiger partial charge in [0, 0.05) is 37.8 Å². The minimum Gasteiger partial charge on any atom is -0.481 e. The number of hydrogen-bond acceptors (Lipinski definition) is 9. The van der Waals surface area contributed by atoms with E-state index in [0.29, 0.717) is 41.7 Å². The number of nitrogens with two attached hydrogens (primary N) is 1. The molecule has 0 aromatic carbocycles. The van der Waals surface area contributed by atoms with E-state index in [1.807, 2.05) is 43.5 Å². The van der Waals surface area contributed by atoms with Crippen LogP contribution in [-0.4, -0.2) is 55.9 Å². The summed E-state index contributed by atoms with van der Waals surface area (Å²) < 4.78 is 5.27. The Morgan fingerprint density at radius 1 is 1.12 bits per heavy atom. The first-order valence-electron chi connectivity index (χ1n) is 10.9. The van der Waals surface area contributed by atoms with Crippen LogP contribution in [0.3, 0.4) is 0 Å². The molecule has 34 heavy (non-hydrogen) atoms. The average molecular weight is 456 g/mol. The van der Waals surface area contributed by atoms with Gasteiger partial charge in [0.05, 0.1) is 30.2 Å². The van der Waals surface area contributed by atoms with Crippen LogP contribution in [0.4, 0.5) is 0 Å². The first-order valence-corrected chi connectivity index (χ1v) is 10.9. The number of dihydropyridines is 1. The summed E-state index contributed by atoms with van der Waals surface area (Å²) in [6, 6.07) is 9.62. The molecular weight excluding hydrogens is 430 g/mol. The van der Waals surface area contributed by atoms with Crippen molar-refractivity contribution < 1.29 is 4.74 Å². The van der Waals surface area contributed by atoms with Gasteiger partial charge in [-0.25, -0.2) is 19.9 Å². The van der Waals surface area contributed by atoms with Crippen LogP contribution in [0.2, 0.25) is 0 Å². The van der Waals surface area contributed by atoms with Crippen LogP contribution in [0.15, 0.2) is 65.7 Å². The maximum absolute atomic E-state index is 6.71. The third kappa shape index (κ3) is 3.93. The van der Waals surface area contributed by atoms with Crippen molar-refractivity contribution in [2.75, 3.05) is 13.7 Å². The highest BCUT2D eigenvalue weighted by molar-refractivity contribution is 5.84. The highest BCUT2D eigenvalue weighted by Gasteiger charge is 2.44. The van der Waals surface area contributed by atoms with Crippen LogP contribution in [0, 0.1) is 6.92 Å². The highest BCUT2D eigenvalue weighted by atomic mass is 16.5. The predicted octanol–water partition coefficient (Wildman–Crippen LogP) is 1.83. The largest absolute Gasteiger partial charge is 0.481 e. The highest BCUT2D eigenvalue weighted by Crippen LogP contribution is 2.41. The van der Waals surface area contributed by atoms with E-state index in [0.717, 1.165) is 16.8 Å². The van der Waals surface area contributed by atoms with Crippen LogP contribution in [0.1, 0.15) is 22.8 Å². The zero-order valence-corrected chi connectivity index (χ0v) is 18.9. The molecule has 0 radical (unpaired) electrons. The van der Waals surface area contributed by atoms with Crippen LogP contribution < -0.4 is 15.8 Å². The third-order valence-electron chi connectivity index (χ3n) is 5.85. The molecule has 2 unspecified atom stereocenters.